The number of hydrogen-bond donors (Lipinski definition) is 1. The fraction of sp³-hybridized carbons (Fsp3) is 0.778. The predicted molar refractivity (Wildman–Crippen MR) is 99.6 cm³/mol. The van der Waals surface area contributed by atoms with Crippen LogP contribution in [0.25, 0.3) is 0 Å². The van der Waals surface area contributed by atoms with E-state index in [0.717, 1.165) is 38.4 Å². The number of nitrogens with two attached hydrogens (primary N) is 1. The minimum absolute atomic E-state index is 0.0964. The number of hydrogen-bond acceptors (Lipinski definition) is 6. The Morgan fingerprint density at radius 1 is 1.28 bits per heavy atom. The maximum atomic E-state index is 12.8. The summed E-state index contributed by atoms with van der Waals surface area (Å²) in [6.07, 6.45) is 1.25. The zero-order valence-corrected chi connectivity index (χ0v) is 16.4. The molecule has 0 bridgehead atoms. The molecule has 0 unspecified atom stereocenters. The molecular formula is C18H30N4O2S. The van der Waals surface area contributed by atoms with Crippen molar-refractivity contribution >= 4 is 17.2 Å². The van der Waals surface area contributed by atoms with Gasteiger partial charge >= 0.3 is 0 Å². The lowest BCUT2D eigenvalue weighted by atomic mass is 9.89. The summed E-state index contributed by atoms with van der Waals surface area (Å²) in [6, 6.07) is 0. The van der Waals surface area contributed by atoms with Crippen LogP contribution in [0.5, 0.6) is 0 Å². The van der Waals surface area contributed by atoms with E-state index in [-0.39, 0.29) is 11.3 Å². The van der Waals surface area contributed by atoms with Gasteiger partial charge in [-0.25, -0.2) is 4.98 Å². The van der Waals surface area contributed by atoms with Crippen LogP contribution in [0.3, 0.4) is 0 Å². The topological polar surface area (TPSA) is 71.7 Å². The number of carbonyl (C=O) groups is 1. The number of carbonyl (C=O) groups excluding carboxylic acids is 1. The fourth-order valence-corrected chi connectivity index (χ4v) is 4.23. The first-order valence-electron chi connectivity index (χ1n) is 9.11. The Labute approximate surface area is 154 Å². The molecule has 0 spiro atoms. The molecule has 25 heavy (non-hydrogen) atoms. The summed E-state index contributed by atoms with van der Waals surface area (Å²) in [5.74, 6) is 0.0964. The van der Waals surface area contributed by atoms with Crippen molar-refractivity contribution in [3.63, 3.8) is 0 Å². The Balaban J connectivity index is 1.52. The summed E-state index contributed by atoms with van der Waals surface area (Å²) in [5.41, 5.74) is 6.85. The van der Waals surface area contributed by atoms with Crippen molar-refractivity contribution in [1.29, 1.82) is 0 Å². The standard InChI is InChI=1S/C18H30N4O2S/c1-17(2,3)15-20-14(13-25-15)12-21-6-8-22(9-7-21)16(23)18(19)4-10-24-11-5-18/h13H,4-12,19H2,1-3H3. The third-order valence-corrected chi connectivity index (χ3v) is 6.37. The molecule has 1 amide bonds. The van der Waals surface area contributed by atoms with Gasteiger partial charge in [-0.2, -0.15) is 0 Å². The first-order chi connectivity index (χ1) is 11.8. The Morgan fingerprint density at radius 2 is 1.92 bits per heavy atom. The van der Waals surface area contributed by atoms with Crippen LogP contribution >= 0.6 is 11.3 Å². The van der Waals surface area contributed by atoms with Crippen molar-refractivity contribution in [2.75, 3.05) is 39.4 Å². The molecule has 0 aliphatic carbocycles. The van der Waals surface area contributed by atoms with E-state index in [0.29, 0.717) is 26.1 Å². The number of thiazole rings is 1. The number of rotatable bonds is 3. The monoisotopic (exact) mass is 366 g/mol. The van der Waals surface area contributed by atoms with Gasteiger partial charge in [-0.05, 0) is 12.8 Å². The van der Waals surface area contributed by atoms with E-state index in [4.69, 9.17) is 15.5 Å². The van der Waals surface area contributed by atoms with Crippen LogP contribution in [0, 0.1) is 0 Å². The van der Waals surface area contributed by atoms with E-state index in [2.05, 4.69) is 31.1 Å². The van der Waals surface area contributed by atoms with E-state index in [9.17, 15) is 4.79 Å². The average molecular weight is 367 g/mol. The molecule has 2 aliphatic rings. The van der Waals surface area contributed by atoms with Crippen LogP contribution < -0.4 is 5.73 Å². The molecule has 0 saturated carbocycles. The number of aromatic nitrogens is 1. The largest absolute Gasteiger partial charge is 0.381 e. The van der Waals surface area contributed by atoms with Gasteiger partial charge < -0.3 is 15.4 Å². The molecule has 0 aromatic carbocycles. The lowest BCUT2D eigenvalue weighted by Gasteiger charge is -2.40. The molecule has 2 saturated heterocycles. The van der Waals surface area contributed by atoms with Gasteiger partial charge in [0.2, 0.25) is 5.91 Å². The molecule has 0 radical (unpaired) electrons. The maximum absolute atomic E-state index is 12.8. The summed E-state index contributed by atoms with van der Waals surface area (Å²) in [6.45, 7) is 11.8. The van der Waals surface area contributed by atoms with E-state index in [1.165, 1.54) is 5.01 Å². The number of piperazine rings is 1. The van der Waals surface area contributed by atoms with E-state index < -0.39 is 5.54 Å². The van der Waals surface area contributed by atoms with Gasteiger partial charge in [0.1, 0.15) is 0 Å². The summed E-state index contributed by atoms with van der Waals surface area (Å²) in [4.78, 5) is 21.9. The van der Waals surface area contributed by atoms with Crippen molar-refractivity contribution in [3.05, 3.63) is 16.1 Å². The third kappa shape index (κ3) is 4.39. The SMILES string of the molecule is CC(C)(C)c1nc(CN2CCN(C(=O)C3(N)CCOCC3)CC2)cs1. The van der Waals surface area contributed by atoms with Gasteiger partial charge in [-0.15, -0.1) is 11.3 Å². The van der Waals surface area contributed by atoms with E-state index >= 15 is 0 Å². The van der Waals surface area contributed by atoms with Crippen LogP contribution in [0.15, 0.2) is 5.38 Å². The zero-order valence-electron chi connectivity index (χ0n) is 15.6. The molecule has 2 fully saturated rings. The minimum atomic E-state index is -0.725. The van der Waals surface area contributed by atoms with Crippen molar-refractivity contribution in [3.8, 4) is 0 Å². The number of amides is 1. The van der Waals surface area contributed by atoms with Gasteiger partial charge in [0.25, 0.3) is 0 Å². The van der Waals surface area contributed by atoms with E-state index in [1.807, 2.05) is 4.90 Å². The quantitative estimate of drug-likeness (QED) is 0.880. The number of ether oxygens (including phenoxy) is 1. The first kappa shape index (κ1) is 18.8. The Hall–Kier alpha value is -1.02. The van der Waals surface area contributed by atoms with Gasteiger partial charge in [-0.3, -0.25) is 9.69 Å². The zero-order chi connectivity index (χ0) is 18.1. The first-order valence-corrected chi connectivity index (χ1v) is 9.99. The van der Waals surface area contributed by atoms with Crippen LogP contribution in [-0.4, -0.2) is 65.6 Å². The molecule has 0 atom stereocenters. The van der Waals surface area contributed by atoms with Crippen LogP contribution in [-0.2, 0) is 21.5 Å². The van der Waals surface area contributed by atoms with Gasteiger partial charge in [-0.1, -0.05) is 20.8 Å². The third-order valence-electron chi connectivity index (χ3n) is 5.05. The molecule has 1 aromatic rings. The Kier molecular flexibility index (Phi) is 5.48. The summed E-state index contributed by atoms with van der Waals surface area (Å²) in [5, 5.41) is 3.34. The van der Waals surface area contributed by atoms with Gasteiger partial charge in [0.05, 0.1) is 16.2 Å². The fourth-order valence-electron chi connectivity index (χ4n) is 3.33. The highest BCUT2D eigenvalue weighted by atomic mass is 32.1. The molecule has 2 aliphatic heterocycles. The van der Waals surface area contributed by atoms with Gasteiger partial charge in [0, 0.05) is 56.7 Å². The minimum Gasteiger partial charge on any atom is -0.381 e. The molecule has 7 heteroatoms. The lowest BCUT2D eigenvalue weighted by Crippen LogP contribution is -2.61. The van der Waals surface area contributed by atoms with Gasteiger partial charge in [0.15, 0.2) is 0 Å². The normalized spacial score (nSPS) is 22.2. The molecule has 2 N–H and O–H groups in total. The molecule has 1 aromatic heterocycles. The van der Waals surface area contributed by atoms with Crippen molar-refractivity contribution in [1.82, 2.24) is 14.8 Å². The van der Waals surface area contributed by atoms with Crippen LogP contribution in [0.2, 0.25) is 0 Å². The van der Waals surface area contributed by atoms with Crippen molar-refractivity contribution in [2.45, 2.75) is 51.1 Å². The predicted octanol–water partition coefficient (Wildman–Crippen LogP) is 1.59. The summed E-state index contributed by atoms with van der Waals surface area (Å²) in [7, 11) is 0. The molecule has 3 heterocycles. The molecule has 3 rings (SSSR count). The average Bonchev–Trinajstić information content (AvgIpc) is 3.04. The highest BCUT2D eigenvalue weighted by molar-refractivity contribution is 7.09. The van der Waals surface area contributed by atoms with Crippen LogP contribution in [0.1, 0.15) is 44.3 Å². The van der Waals surface area contributed by atoms with E-state index in [1.54, 1.807) is 11.3 Å². The molecule has 140 valence electrons. The van der Waals surface area contributed by atoms with Crippen LogP contribution in [0.4, 0.5) is 0 Å². The van der Waals surface area contributed by atoms with Crippen molar-refractivity contribution in [2.24, 2.45) is 5.73 Å². The highest BCUT2D eigenvalue weighted by Gasteiger charge is 2.39. The second-order valence-electron chi connectivity index (χ2n) is 8.23. The summed E-state index contributed by atoms with van der Waals surface area (Å²) < 4.78 is 5.35. The second-order valence-corrected chi connectivity index (χ2v) is 9.09. The lowest BCUT2D eigenvalue weighted by molar-refractivity contribution is -0.142. The number of nitrogens with zero attached hydrogens (tertiary/aromatic N) is 3. The highest BCUT2D eigenvalue weighted by Crippen LogP contribution is 2.26. The Bertz CT molecular complexity index is 596. The second kappa shape index (κ2) is 7.31. The Morgan fingerprint density at radius 3 is 2.48 bits per heavy atom. The molecule has 6 nitrogen and oxygen atoms in total. The smallest absolute Gasteiger partial charge is 0.242 e. The molecular weight excluding hydrogens is 336 g/mol. The van der Waals surface area contributed by atoms with Crippen molar-refractivity contribution < 1.29 is 9.53 Å². The summed E-state index contributed by atoms with van der Waals surface area (Å²) >= 11 is 1.74. The maximum Gasteiger partial charge on any atom is 0.242 e.